The highest BCUT2D eigenvalue weighted by Crippen LogP contribution is 2.53. The van der Waals surface area contributed by atoms with Gasteiger partial charge in [-0.1, -0.05) is 52.1 Å². The highest BCUT2D eigenvalue weighted by molar-refractivity contribution is 6.39. The minimum absolute atomic E-state index is 0.230. The second-order valence-electron chi connectivity index (χ2n) is 10.7. The fraction of sp³-hybridized carbons (Fsp3) is 0.367. The number of aliphatic hydroxyl groups is 1. The van der Waals surface area contributed by atoms with Crippen LogP contribution in [0.1, 0.15) is 80.0 Å². The molecule has 2 saturated carbocycles. The highest BCUT2D eigenvalue weighted by atomic mass is 35.5. The maximum Gasteiger partial charge on any atom is 0.373 e. The van der Waals surface area contributed by atoms with Gasteiger partial charge in [-0.15, -0.1) is 0 Å². The number of nitrogens with zero attached hydrogens (tertiary/aromatic N) is 3. The van der Waals surface area contributed by atoms with Crippen LogP contribution >= 0.6 is 34.8 Å². The quantitative estimate of drug-likeness (QED) is 0.216. The van der Waals surface area contributed by atoms with Gasteiger partial charge in [0, 0.05) is 40.9 Å². The molecule has 0 amide bonds. The molecule has 6 rings (SSSR count). The van der Waals surface area contributed by atoms with Crippen LogP contribution < -0.4 is 4.74 Å². The summed E-state index contributed by atoms with van der Waals surface area (Å²) in [5.41, 5.74) is 2.96. The molecule has 4 aromatic rings. The molecule has 2 aliphatic rings. The first-order valence-corrected chi connectivity index (χ1v) is 14.4. The van der Waals surface area contributed by atoms with Crippen LogP contribution in [0.2, 0.25) is 15.1 Å². The average Bonchev–Trinajstić information content (AvgIpc) is 3.47. The molecule has 2 aliphatic carbocycles. The number of ether oxygens (including phenoxy) is 1. The number of aromatic nitrogens is 3. The predicted molar refractivity (Wildman–Crippen MR) is 153 cm³/mol. The van der Waals surface area contributed by atoms with Gasteiger partial charge in [0.1, 0.15) is 23.8 Å². The fourth-order valence-electron chi connectivity index (χ4n) is 5.43. The van der Waals surface area contributed by atoms with E-state index in [9.17, 15) is 5.11 Å². The molecule has 0 radical (unpaired) electrons. The third-order valence-corrected chi connectivity index (χ3v) is 8.51. The molecular weight excluding hydrogens is 589 g/mol. The van der Waals surface area contributed by atoms with E-state index in [1.807, 2.05) is 29.1 Å². The van der Waals surface area contributed by atoms with E-state index in [1.54, 1.807) is 24.3 Å². The van der Waals surface area contributed by atoms with Crippen LogP contribution in [-0.4, -0.2) is 26.2 Å². The van der Waals surface area contributed by atoms with E-state index < -0.39 is 5.60 Å². The molecular formula is C30H28Cl3N3O5. The van der Waals surface area contributed by atoms with Crippen LogP contribution in [0.25, 0.3) is 11.3 Å². The molecule has 0 bridgehead atoms. The lowest BCUT2D eigenvalue weighted by Gasteiger charge is -2.44. The Balaban J connectivity index is 0.00000108. The molecule has 2 heterocycles. The maximum atomic E-state index is 11.4. The lowest BCUT2D eigenvalue weighted by atomic mass is 9.66. The molecule has 0 saturated heterocycles. The lowest BCUT2D eigenvalue weighted by Crippen LogP contribution is -2.41. The summed E-state index contributed by atoms with van der Waals surface area (Å²) in [6, 6.07) is 13.1. The molecule has 0 aliphatic heterocycles. The number of carbonyl (C=O) groups excluding carboxylic acids is 2. The van der Waals surface area contributed by atoms with Crippen molar-refractivity contribution in [2.75, 3.05) is 0 Å². The predicted octanol–water partition coefficient (Wildman–Crippen LogP) is 7.72. The number of hydrogen-bond donors (Lipinski definition) is 1. The standard InChI is InChI=1S/C29H28Cl3N3O3.CO2/c1-16(2)35-25(10-11-33-35)18-13-29(36,14-18)21-9-8-19(12-24(21)32)37-15-20-27(34-38-28(20)17-6-7-17)26-22(30)4-3-5-23(26)31;2-1-3/h3-5,8-12,16-18,36H,6-7,13-15H2,1-2H3;. The van der Waals surface area contributed by atoms with Gasteiger partial charge in [0.25, 0.3) is 0 Å². The van der Waals surface area contributed by atoms with Gasteiger partial charge in [0.15, 0.2) is 0 Å². The van der Waals surface area contributed by atoms with Crippen LogP contribution in [-0.2, 0) is 21.8 Å². The van der Waals surface area contributed by atoms with Gasteiger partial charge in [-0.3, -0.25) is 4.68 Å². The summed E-state index contributed by atoms with van der Waals surface area (Å²) in [7, 11) is 0. The van der Waals surface area contributed by atoms with Gasteiger partial charge in [-0.05, 0) is 69.9 Å². The minimum atomic E-state index is -0.978. The zero-order valence-corrected chi connectivity index (χ0v) is 24.7. The van der Waals surface area contributed by atoms with Gasteiger partial charge < -0.3 is 14.4 Å². The first kappa shape index (κ1) is 29.4. The van der Waals surface area contributed by atoms with Gasteiger partial charge in [0.05, 0.1) is 26.2 Å². The Morgan fingerprint density at radius 2 is 1.76 bits per heavy atom. The van der Waals surface area contributed by atoms with Crippen molar-refractivity contribution in [2.24, 2.45) is 0 Å². The number of rotatable bonds is 8. The van der Waals surface area contributed by atoms with E-state index in [-0.39, 0.29) is 24.7 Å². The SMILES string of the molecule is CC(C)n1nccc1C1CC(O)(c2ccc(OCc3c(-c4c(Cl)cccc4Cl)noc3C3CC3)cc2Cl)C1.O=C=O. The van der Waals surface area contributed by atoms with Crippen molar-refractivity contribution >= 4 is 41.0 Å². The number of benzene rings is 2. The van der Waals surface area contributed by atoms with Crippen LogP contribution in [0.3, 0.4) is 0 Å². The zero-order chi connectivity index (χ0) is 29.3. The van der Waals surface area contributed by atoms with Crippen molar-refractivity contribution in [3.05, 3.63) is 86.3 Å². The van der Waals surface area contributed by atoms with Crippen LogP contribution in [0.4, 0.5) is 0 Å². The molecule has 11 heteroatoms. The second kappa shape index (κ2) is 12.0. The van der Waals surface area contributed by atoms with E-state index >= 15 is 0 Å². The summed E-state index contributed by atoms with van der Waals surface area (Å²) in [6.07, 6.45) is 5.37. The normalized spacial score (nSPS) is 19.7. The molecule has 41 heavy (non-hydrogen) atoms. The Morgan fingerprint density at radius 3 is 2.37 bits per heavy atom. The summed E-state index contributed by atoms with van der Waals surface area (Å²) in [6.45, 7) is 4.44. The van der Waals surface area contributed by atoms with Crippen molar-refractivity contribution in [1.29, 1.82) is 0 Å². The van der Waals surface area contributed by atoms with E-state index in [0.717, 1.165) is 29.9 Å². The summed E-state index contributed by atoms with van der Waals surface area (Å²) >= 11 is 19.6. The molecule has 2 aromatic heterocycles. The fourth-order valence-corrected chi connectivity index (χ4v) is 6.35. The van der Waals surface area contributed by atoms with Crippen molar-refractivity contribution in [3.8, 4) is 17.0 Å². The first-order valence-electron chi connectivity index (χ1n) is 13.3. The summed E-state index contributed by atoms with van der Waals surface area (Å²) in [5.74, 6) is 1.97. The van der Waals surface area contributed by atoms with Crippen molar-refractivity contribution in [2.45, 2.75) is 69.6 Å². The largest absolute Gasteiger partial charge is 0.489 e. The molecule has 2 aromatic carbocycles. The Bertz CT molecular complexity index is 1560. The molecule has 0 unspecified atom stereocenters. The van der Waals surface area contributed by atoms with E-state index in [4.69, 9.17) is 53.7 Å². The van der Waals surface area contributed by atoms with E-state index in [1.165, 1.54) is 0 Å². The zero-order valence-electron chi connectivity index (χ0n) is 22.4. The van der Waals surface area contributed by atoms with E-state index in [0.29, 0.717) is 56.4 Å². The smallest absolute Gasteiger partial charge is 0.373 e. The lowest BCUT2D eigenvalue weighted by molar-refractivity contribution is -0.191. The highest BCUT2D eigenvalue weighted by Gasteiger charge is 2.47. The Hall–Kier alpha value is -3.13. The average molecular weight is 617 g/mol. The summed E-state index contributed by atoms with van der Waals surface area (Å²) in [5, 5.41) is 21.6. The molecule has 0 atom stereocenters. The van der Waals surface area contributed by atoms with Crippen LogP contribution in [0.5, 0.6) is 5.75 Å². The Labute approximate surface area is 252 Å². The van der Waals surface area contributed by atoms with Gasteiger partial charge in [0.2, 0.25) is 0 Å². The number of hydrogen-bond acceptors (Lipinski definition) is 7. The number of halogens is 3. The summed E-state index contributed by atoms with van der Waals surface area (Å²) in [4.78, 5) is 16.2. The Morgan fingerprint density at radius 1 is 1.07 bits per heavy atom. The molecule has 0 spiro atoms. The monoisotopic (exact) mass is 615 g/mol. The van der Waals surface area contributed by atoms with Gasteiger partial charge >= 0.3 is 6.15 Å². The third-order valence-electron chi connectivity index (χ3n) is 7.57. The van der Waals surface area contributed by atoms with Crippen LogP contribution in [0.15, 0.2) is 53.2 Å². The summed E-state index contributed by atoms with van der Waals surface area (Å²) < 4.78 is 13.9. The maximum absolute atomic E-state index is 11.4. The molecule has 8 nitrogen and oxygen atoms in total. The molecule has 2 fully saturated rings. The van der Waals surface area contributed by atoms with Crippen molar-refractivity contribution < 1.29 is 24.0 Å². The first-order chi connectivity index (χ1) is 19.7. The third kappa shape index (κ3) is 5.94. The minimum Gasteiger partial charge on any atom is -0.489 e. The molecule has 214 valence electrons. The topological polar surface area (TPSA) is 107 Å². The van der Waals surface area contributed by atoms with Gasteiger partial charge in [-0.2, -0.15) is 14.7 Å². The van der Waals surface area contributed by atoms with Gasteiger partial charge in [-0.25, -0.2) is 0 Å². The van der Waals surface area contributed by atoms with Crippen molar-refractivity contribution in [3.63, 3.8) is 0 Å². The second-order valence-corrected chi connectivity index (χ2v) is 11.9. The van der Waals surface area contributed by atoms with E-state index in [2.05, 4.69) is 24.1 Å². The van der Waals surface area contributed by atoms with Crippen LogP contribution in [0, 0.1) is 0 Å². The van der Waals surface area contributed by atoms with Crippen molar-refractivity contribution in [1.82, 2.24) is 14.9 Å². The molecule has 1 N–H and O–H groups in total. The Kier molecular flexibility index (Phi) is 8.60.